The van der Waals surface area contributed by atoms with Crippen molar-refractivity contribution < 1.29 is 0 Å². The molecule has 9 aromatic carbocycles. The normalized spacial score (nSPS) is 11.8. The first-order valence-electron chi connectivity index (χ1n) is 16.4. The first kappa shape index (κ1) is 26.8. The molecule has 10 rings (SSSR count). The van der Waals surface area contributed by atoms with Gasteiger partial charge in [0, 0.05) is 16.5 Å². The van der Waals surface area contributed by atoms with E-state index in [2.05, 4.69) is 152 Å². The lowest BCUT2D eigenvalue weighted by Gasteiger charge is -2.14. The van der Waals surface area contributed by atoms with Gasteiger partial charge in [-0.1, -0.05) is 152 Å². The lowest BCUT2D eigenvalue weighted by Crippen LogP contribution is -1.96. The zero-order valence-electron chi connectivity index (χ0n) is 26.1. The number of fused-ring (bicyclic) bond motifs is 9. The van der Waals surface area contributed by atoms with Gasteiger partial charge in [0.2, 0.25) is 0 Å². The lowest BCUT2D eigenvalue weighted by atomic mass is 9.90. The first-order valence-corrected chi connectivity index (χ1v) is 16.4. The molecule has 0 amide bonds. The Labute approximate surface area is 277 Å². The van der Waals surface area contributed by atoms with Crippen LogP contribution in [0.5, 0.6) is 0 Å². The molecular weight excluding hydrogens is 581 g/mol. The highest BCUT2D eigenvalue weighted by Crippen LogP contribution is 2.40. The number of nitrogens with zero attached hydrogens (tertiary/aromatic N) is 2. The van der Waals surface area contributed by atoms with Crippen LogP contribution < -0.4 is 0 Å². The number of benzene rings is 9. The van der Waals surface area contributed by atoms with E-state index in [1.165, 1.54) is 59.4 Å². The van der Waals surface area contributed by atoms with Crippen molar-refractivity contribution in [1.29, 1.82) is 0 Å². The van der Waals surface area contributed by atoms with Crippen molar-refractivity contribution in [3.8, 4) is 33.8 Å². The average molecular weight is 609 g/mol. The van der Waals surface area contributed by atoms with Gasteiger partial charge in [-0.05, 0) is 83.2 Å². The van der Waals surface area contributed by atoms with E-state index in [9.17, 15) is 0 Å². The smallest absolute Gasteiger partial charge is 0.160 e. The predicted octanol–water partition coefficient (Wildman–Crippen LogP) is 12.4. The molecule has 0 saturated carbocycles. The number of rotatable bonds is 3. The third-order valence-electron chi connectivity index (χ3n) is 9.83. The van der Waals surface area contributed by atoms with E-state index >= 15 is 0 Å². The van der Waals surface area contributed by atoms with Crippen molar-refractivity contribution in [2.75, 3.05) is 0 Å². The standard InChI is InChI=1S/C46H28N2/c1-2-11-32(12-3-1)46-47-43-28-34(22-26-42(43)45(48-46)35-18-17-29-9-4-5-13-33(29)27-35)37-15-8-16-40-39(37)24-21-31-20-23-38-36-14-7-6-10-30(36)19-25-41(38)44(31)40/h1-28H. The van der Waals surface area contributed by atoms with Gasteiger partial charge in [-0.2, -0.15) is 0 Å². The van der Waals surface area contributed by atoms with Crippen LogP contribution in [0.1, 0.15) is 0 Å². The Morgan fingerprint density at radius 2 is 0.958 bits per heavy atom. The van der Waals surface area contributed by atoms with Crippen LogP contribution in [-0.4, -0.2) is 9.97 Å². The molecule has 0 fully saturated rings. The van der Waals surface area contributed by atoms with Gasteiger partial charge in [0.1, 0.15) is 0 Å². The summed E-state index contributed by atoms with van der Waals surface area (Å²) in [7, 11) is 0. The fourth-order valence-corrected chi connectivity index (χ4v) is 7.50. The van der Waals surface area contributed by atoms with Crippen LogP contribution in [0.25, 0.3) is 98.5 Å². The molecule has 1 heterocycles. The first-order chi connectivity index (χ1) is 23.8. The molecule has 2 nitrogen and oxygen atoms in total. The fraction of sp³-hybridized carbons (Fsp3) is 0. The quantitative estimate of drug-likeness (QED) is 0.187. The number of aromatic nitrogens is 2. The number of hydrogen-bond donors (Lipinski definition) is 0. The summed E-state index contributed by atoms with van der Waals surface area (Å²) in [5.41, 5.74) is 6.30. The number of hydrogen-bond acceptors (Lipinski definition) is 2. The molecule has 1 aromatic heterocycles. The second kappa shape index (κ2) is 10.6. The maximum absolute atomic E-state index is 5.17. The molecule has 0 bridgehead atoms. The van der Waals surface area contributed by atoms with Gasteiger partial charge in [0.25, 0.3) is 0 Å². The van der Waals surface area contributed by atoms with Crippen LogP contribution in [0.15, 0.2) is 170 Å². The summed E-state index contributed by atoms with van der Waals surface area (Å²) in [4.78, 5) is 10.3. The summed E-state index contributed by atoms with van der Waals surface area (Å²) in [5.74, 6) is 0.728. The van der Waals surface area contributed by atoms with E-state index in [1.54, 1.807) is 0 Å². The van der Waals surface area contributed by atoms with Crippen molar-refractivity contribution in [3.63, 3.8) is 0 Å². The van der Waals surface area contributed by atoms with Gasteiger partial charge in [0.15, 0.2) is 5.82 Å². The topological polar surface area (TPSA) is 25.8 Å². The van der Waals surface area contributed by atoms with Crippen molar-refractivity contribution in [2.24, 2.45) is 0 Å². The monoisotopic (exact) mass is 608 g/mol. The molecule has 0 radical (unpaired) electrons. The minimum atomic E-state index is 0.728. The molecule has 0 N–H and O–H groups in total. The largest absolute Gasteiger partial charge is 0.228 e. The Bertz CT molecular complexity index is 2890. The van der Waals surface area contributed by atoms with E-state index in [0.717, 1.165) is 39.1 Å². The molecule has 222 valence electrons. The van der Waals surface area contributed by atoms with Crippen molar-refractivity contribution in [1.82, 2.24) is 9.97 Å². The molecule has 0 unspecified atom stereocenters. The molecule has 2 heteroatoms. The van der Waals surface area contributed by atoms with Crippen molar-refractivity contribution >= 4 is 64.8 Å². The molecule has 48 heavy (non-hydrogen) atoms. The van der Waals surface area contributed by atoms with Gasteiger partial charge in [0.05, 0.1) is 11.2 Å². The van der Waals surface area contributed by atoms with E-state index in [1.807, 2.05) is 18.2 Å². The van der Waals surface area contributed by atoms with Crippen LogP contribution in [0.2, 0.25) is 0 Å². The lowest BCUT2D eigenvalue weighted by molar-refractivity contribution is 1.23. The second-order valence-corrected chi connectivity index (χ2v) is 12.6. The van der Waals surface area contributed by atoms with E-state index in [4.69, 9.17) is 9.97 Å². The molecule has 0 aliphatic heterocycles. The molecule has 0 aliphatic carbocycles. The Morgan fingerprint density at radius 1 is 0.312 bits per heavy atom. The van der Waals surface area contributed by atoms with Crippen LogP contribution in [0.3, 0.4) is 0 Å². The van der Waals surface area contributed by atoms with Crippen LogP contribution in [0, 0.1) is 0 Å². The summed E-state index contributed by atoms with van der Waals surface area (Å²) in [6.07, 6.45) is 0. The van der Waals surface area contributed by atoms with Crippen LogP contribution in [0.4, 0.5) is 0 Å². The fourth-order valence-electron chi connectivity index (χ4n) is 7.50. The average Bonchev–Trinajstić information content (AvgIpc) is 3.16. The SMILES string of the molecule is c1ccc(-c2nc(-c3ccc4ccccc4c3)c3ccc(-c4cccc5c4ccc4ccc6c7ccccc7ccc6c45)cc3n2)cc1. The minimum absolute atomic E-state index is 0.728. The van der Waals surface area contributed by atoms with Crippen molar-refractivity contribution in [2.45, 2.75) is 0 Å². The van der Waals surface area contributed by atoms with E-state index in [0.29, 0.717) is 0 Å². The maximum atomic E-state index is 5.17. The predicted molar refractivity (Wildman–Crippen MR) is 203 cm³/mol. The third kappa shape index (κ3) is 4.20. The minimum Gasteiger partial charge on any atom is -0.228 e. The van der Waals surface area contributed by atoms with Crippen LogP contribution in [-0.2, 0) is 0 Å². The zero-order chi connectivity index (χ0) is 31.6. The van der Waals surface area contributed by atoms with Gasteiger partial charge in [-0.15, -0.1) is 0 Å². The maximum Gasteiger partial charge on any atom is 0.160 e. The highest BCUT2D eigenvalue weighted by molar-refractivity contribution is 6.26. The summed E-state index contributed by atoms with van der Waals surface area (Å²) < 4.78 is 0. The molecule has 10 aromatic rings. The molecule has 0 aliphatic rings. The van der Waals surface area contributed by atoms with Gasteiger partial charge in [-0.3, -0.25) is 0 Å². The van der Waals surface area contributed by atoms with Gasteiger partial charge < -0.3 is 0 Å². The molecule has 0 spiro atoms. The summed E-state index contributed by atoms with van der Waals surface area (Å²) in [6.45, 7) is 0. The highest BCUT2D eigenvalue weighted by atomic mass is 14.9. The Hall–Kier alpha value is -6.38. The summed E-state index contributed by atoms with van der Waals surface area (Å²) in [5, 5.41) is 13.6. The third-order valence-corrected chi connectivity index (χ3v) is 9.83. The zero-order valence-corrected chi connectivity index (χ0v) is 26.1. The van der Waals surface area contributed by atoms with E-state index in [-0.39, 0.29) is 0 Å². The Balaban J connectivity index is 1.21. The summed E-state index contributed by atoms with van der Waals surface area (Å²) in [6, 6.07) is 61.0. The van der Waals surface area contributed by atoms with E-state index < -0.39 is 0 Å². The molecule has 0 atom stereocenters. The van der Waals surface area contributed by atoms with Gasteiger partial charge in [-0.25, -0.2) is 9.97 Å². The Morgan fingerprint density at radius 3 is 1.85 bits per heavy atom. The Kier molecular flexibility index (Phi) is 5.91. The van der Waals surface area contributed by atoms with Crippen molar-refractivity contribution in [3.05, 3.63) is 170 Å². The molecule has 0 saturated heterocycles. The molecular formula is C46H28N2. The van der Waals surface area contributed by atoms with Crippen LogP contribution >= 0.6 is 0 Å². The highest BCUT2D eigenvalue weighted by Gasteiger charge is 2.15. The van der Waals surface area contributed by atoms with Gasteiger partial charge >= 0.3 is 0 Å². The second-order valence-electron chi connectivity index (χ2n) is 12.6. The summed E-state index contributed by atoms with van der Waals surface area (Å²) >= 11 is 0.